The monoisotopic (exact) mass is 298 g/mol. The molecule has 3 aromatic rings. The summed E-state index contributed by atoms with van der Waals surface area (Å²) < 4.78 is 0.963. The third-order valence-electron chi connectivity index (χ3n) is 3.05. The van der Waals surface area contributed by atoms with Crippen molar-refractivity contribution in [2.45, 2.75) is 6.92 Å². The summed E-state index contributed by atoms with van der Waals surface area (Å²) in [4.78, 5) is 16.5. The Labute approximate surface area is 125 Å². The highest BCUT2D eigenvalue weighted by Crippen LogP contribution is 2.27. The molecule has 0 radical (unpaired) electrons. The molecule has 4 N–H and O–H groups in total. The molecule has 0 atom stereocenters. The van der Waals surface area contributed by atoms with Gasteiger partial charge in [-0.1, -0.05) is 29.0 Å². The van der Waals surface area contributed by atoms with E-state index in [1.807, 2.05) is 43.3 Å². The zero-order valence-corrected chi connectivity index (χ0v) is 12.2. The molecule has 0 fully saturated rings. The van der Waals surface area contributed by atoms with E-state index >= 15 is 0 Å². The fraction of sp³-hybridized carbons (Fsp3) is 0.0667. The fourth-order valence-corrected chi connectivity index (χ4v) is 2.87. The van der Waals surface area contributed by atoms with E-state index in [-0.39, 0.29) is 5.91 Å². The van der Waals surface area contributed by atoms with Crippen LogP contribution in [0.25, 0.3) is 10.2 Å². The highest BCUT2D eigenvalue weighted by Gasteiger charge is 2.08. The molecule has 0 unspecified atom stereocenters. The number of thiazole rings is 1. The summed E-state index contributed by atoms with van der Waals surface area (Å²) in [7, 11) is 0. The molecular weight excluding hydrogens is 284 g/mol. The van der Waals surface area contributed by atoms with Crippen LogP contribution in [0, 0.1) is 6.92 Å². The lowest BCUT2D eigenvalue weighted by Gasteiger charge is -2.05. The Morgan fingerprint density at radius 2 is 2.10 bits per heavy atom. The Hall–Kier alpha value is -2.44. The predicted octanol–water partition coefficient (Wildman–Crippen LogP) is 3.14. The smallest absolute Gasteiger partial charge is 0.255 e. The van der Waals surface area contributed by atoms with Crippen LogP contribution in [0.3, 0.4) is 0 Å². The number of benzene rings is 2. The van der Waals surface area contributed by atoms with Crippen LogP contribution in [0.5, 0.6) is 0 Å². The second-order valence-electron chi connectivity index (χ2n) is 4.67. The highest BCUT2D eigenvalue weighted by molar-refractivity contribution is 7.22. The van der Waals surface area contributed by atoms with Gasteiger partial charge < -0.3 is 5.32 Å². The summed E-state index contributed by atoms with van der Waals surface area (Å²) in [5, 5.41) is 3.54. The Morgan fingerprint density at radius 1 is 1.24 bits per heavy atom. The van der Waals surface area contributed by atoms with Crippen molar-refractivity contribution in [1.82, 2.24) is 4.98 Å². The number of nitrogens with zero attached hydrogens (tertiary/aromatic N) is 1. The number of hydrogen-bond acceptors (Lipinski definition) is 5. The average molecular weight is 298 g/mol. The molecule has 0 saturated carbocycles. The number of aryl methyl sites for hydroxylation is 1. The van der Waals surface area contributed by atoms with Gasteiger partial charge in [0.25, 0.3) is 5.91 Å². The zero-order valence-electron chi connectivity index (χ0n) is 11.4. The van der Waals surface area contributed by atoms with Crippen molar-refractivity contribution >= 4 is 38.3 Å². The van der Waals surface area contributed by atoms with Crippen molar-refractivity contribution in [3.8, 4) is 0 Å². The van der Waals surface area contributed by atoms with Crippen molar-refractivity contribution in [2.24, 2.45) is 5.84 Å². The van der Waals surface area contributed by atoms with Gasteiger partial charge in [-0.05, 0) is 37.3 Å². The summed E-state index contributed by atoms with van der Waals surface area (Å²) in [6.07, 6.45) is 0. The molecule has 1 aromatic heterocycles. The number of hydrogen-bond donors (Lipinski definition) is 3. The standard InChI is InChI=1S/C15H14N4OS/c1-9-3-2-4-10(7-9)14(20)17-11-5-6-12-13(8-11)21-15(18-12)19-16/h2-8H,16H2,1H3,(H,17,20)(H,18,19). The molecule has 3 rings (SSSR count). The van der Waals surface area contributed by atoms with Crippen LogP contribution in [-0.2, 0) is 0 Å². The zero-order chi connectivity index (χ0) is 14.8. The molecule has 6 heteroatoms. The Morgan fingerprint density at radius 3 is 2.86 bits per heavy atom. The molecular formula is C15H14N4OS. The van der Waals surface area contributed by atoms with Crippen LogP contribution < -0.4 is 16.6 Å². The summed E-state index contributed by atoms with van der Waals surface area (Å²) in [5.74, 6) is 5.23. The van der Waals surface area contributed by atoms with Crippen molar-refractivity contribution < 1.29 is 4.79 Å². The molecule has 0 aliphatic heterocycles. The molecule has 0 spiro atoms. The van der Waals surface area contributed by atoms with E-state index in [1.54, 1.807) is 6.07 Å². The maximum Gasteiger partial charge on any atom is 0.255 e. The van der Waals surface area contributed by atoms with Gasteiger partial charge in [0.2, 0.25) is 0 Å². The minimum Gasteiger partial charge on any atom is -0.322 e. The number of aromatic nitrogens is 1. The topological polar surface area (TPSA) is 80.0 Å². The first-order valence-corrected chi connectivity index (χ1v) is 7.22. The van der Waals surface area contributed by atoms with E-state index in [0.29, 0.717) is 10.7 Å². The van der Waals surface area contributed by atoms with E-state index < -0.39 is 0 Å². The second-order valence-corrected chi connectivity index (χ2v) is 5.70. The third kappa shape index (κ3) is 2.86. The van der Waals surface area contributed by atoms with Gasteiger partial charge in [0.15, 0.2) is 5.13 Å². The molecule has 1 heterocycles. The van der Waals surface area contributed by atoms with Crippen molar-refractivity contribution in [1.29, 1.82) is 0 Å². The average Bonchev–Trinajstić information content (AvgIpc) is 2.89. The number of nitrogens with two attached hydrogens (primary N) is 1. The van der Waals surface area contributed by atoms with Crippen LogP contribution in [0.4, 0.5) is 10.8 Å². The predicted molar refractivity (Wildman–Crippen MR) is 86.6 cm³/mol. The summed E-state index contributed by atoms with van der Waals surface area (Å²) in [6, 6.07) is 13.1. The van der Waals surface area contributed by atoms with E-state index in [4.69, 9.17) is 5.84 Å². The van der Waals surface area contributed by atoms with Gasteiger partial charge in [0, 0.05) is 11.3 Å². The maximum atomic E-state index is 12.2. The fourth-order valence-electron chi connectivity index (χ4n) is 2.05. The molecule has 106 valence electrons. The molecule has 0 aliphatic rings. The lowest BCUT2D eigenvalue weighted by Crippen LogP contribution is -2.11. The SMILES string of the molecule is Cc1cccc(C(=O)Nc2ccc3nc(NN)sc3c2)c1. The Bertz CT molecular complexity index is 812. The van der Waals surface area contributed by atoms with Gasteiger partial charge in [-0.25, -0.2) is 10.8 Å². The quantitative estimate of drug-likeness (QED) is 0.512. The van der Waals surface area contributed by atoms with Crippen molar-refractivity contribution in [3.63, 3.8) is 0 Å². The Balaban J connectivity index is 1.85. The van der Waals surface area contributed by atoms with Crippen LogP contribution in [0.15, 0.2) is 42.5 Å². The van der Waals surface area contributed by atoms with Gasteiger partial charge in [0.05, 0.1) is 10.2 Å². The van der Waals surface area contributed by atoms with Gasteiger partial charge in [-0.3, -0.25) is 10.2 Å². The van der Waals surface area contributed by atoms with Gasteiger partial charge in [0.1, 0.15) is 0 Å². The first-order chi connectivity index (χ1) is 10.2. The first-order valence-electron chi connectivity index (χ1n) is 6.41. The molecule has 1 amide bonds. The van der Waals surface area contributed by atoms with Crippen molar-refractivity contribution in [3.05, 3.63) is 53.6 Å². The number of fused-ring (bicyclic) bond motifs is 1. The second kappa shape index (κ2) is 5.51. The minimum absolute atomic E-state index is 0.125. The van der Waals surface area contributed by atoms with Crippen molar-refractivity contribution in [2.75, 3.05) is 10.7 Å². The van der Waals surface area contributed by atoms with Crippen LogP contribution >= 0.6 is 11.3 Å². The summed E-state index contributed by atoms with van der Waals surface area (Å²) in [5.41, 5.74) is 5.81. The number of nitrogens with one attached hydrogen (secondary N) is 2. The maximum absolute atomic E-state index is 12.2. The number of rotatable bonds is 3. The number of amides is 1. The van der Waals surface area contributed by atoms with E-state index in [1.165, 1.54) is 11.3 Å². The first kappa shape index (κ1) is 13.5. The molecule has 0 saturated heterocycles. The molecule has 0 aliphatic carbocycles. The largest absolute Gasteiger partial charge is 0.322 e. The van der Waals surface area contributed by atoms with E-state index in [9.17, 15) is 4.79 Å². The molecule has 21 heavy (non-hydrogen) atoms. The lowest BCUT2D eigenvalue weighted by molar-refractivity contribution is 0.102. The number of anilines is 2. The number of carbonyl (C=O) groups excluding carboxylic acids is 1. The molecule has 0 bridgehead atoms. The van der Waals surface area contributed by atoms with Gasteiger partial charge >= 0.3 is 0 Å². The summed E-state index contributed by atoms with van der Waals surface area (Å²) in [6.45, 7) is 1.96. The van der Waals surface area contributed by atoms with E-state index in [2.05, 4.69) is 15.7 Å². The van der Waals surface area contributed by atoms with Gasteiger partial charge in [-0.15, -0.1) is 0 Å². The minimum atomic E-state index is -0.125. The molecule has 5 nitrogen and oxygen atoms in total. The lowest BCUT2D eigenvalue weighted by atomic mass is 10.1. The number of carbonyl (C=O) groups is 1. The normalized spacial score (nSPS) is 10.6. The van der Waals surface area contributed by atoms with Crippen LogP contribution in [0.1, 0.15) is 15.9 Å². The number of hydrazine groups is 1. The number of nitrogen functional groups attached to an aromatic ring is 1. The Kier molecular flexibility index (Phi) is 3.55. The summed E-state index contributed by atoms with van der Waals surface area (Å²) >= 11 is 1.44. The van der Waals surface area contributed by atoms with Crippen LogP contribution in [0.2, 0.25) is 0 Å². The van der Waals surface area contributed by atoms with Gasteiger partial charge in [-0.2, -0.15) is 0 Å². The third-order valence-corrected chi connectivity index (χ3v) is 4.00. The van der Waals surface area contributed by atoms with Crippen LogP contribution in [-0.4, -0.2) is 10.9 Å². The van der Waals surface area contributed by atoms with E-state index in [0.717, 1.165) is 21.5 Å². The highest BCUT2D eigenvalue weighted by atomic mass is 32.1. The molecule has 2 aromatic carbocycles.